The fourth-order valence-corrected chi connectivity index (χ4v) is 3.27. The van der Waals surface area contributed by atoms with Crippen LogP contribution in [0.5, 0.6) is 0 Å². The minimum atomic E-state index is -0.0972. The number of carbonyl (C=O) groups excluding carboxylic acids is 1. The third-order valence-electron chi connectivity index (χ3n) is 5.05. The Hall–Kier alpha value is -3.81. The Morgan fingerprint density at radius 2 is 1.68 bits per heavy atom. The van der Waals surface area contributed by atoms with Crippen LogP contribution in [-0.2, 0) is 23.2 Å². The Morgan fingerprint density at radius 3 is 2.32 bits per heavy atom. The highest BCUT2D eigenvalue weighted by atomic mass is 16.1. The molecule has 0 unspecified atom stereocenters. The first-order valence-electron chi connectivity index (χ1n) is 10.1. The average Bonchev–Trinajstić information content (AvgIpc) is 3.41. The highest BCUT2D eigenvalue weighted by Crippen LogP contribution is 2.22. The summed E-state index contributed by atoms with van der Waals surface area (Å²) in [6.45, 7) is 7.18. The molecule has 1 amide bonds. The quantitative estimate of drug-likeness (QED) is 0.521. The van der Waals surface area contributed by atoms with Gasteiger partial charge in [-0.2, -0.15) is 5.10 Å². The van der Waals surface area contributed by atoms with Crippen molar-refractivity contribution in [2.24, 2.45) is 0 Å². The predicted octanol–water partition coefficient (Wildman–Crippen LogP) is 3.39. The molecule has 0 spiro atoms. The van der Waals surface area contributed by atoms with Crippen LogP contribution in [-0.4, -0.2) is 35.9 Å². The van der Waals surface area contributed by atoms with Crippen molar-refractivity contribution in [3.63, 3.8) is 0 Å². The van der Waals surface area contributed by atoms with Crippen LogP contribution in [0.25, 0.3) is 5.69 Å². The van der Waals surface area contributed by atoms with Gasteiger partial charge in [-0.25, -0.2) is 9.36 Å². The number of hydrogen-bond donors (Lipinski definition) is 1. The van der Waals surface area contributed by atoms with E-state index in [0.29, 0.717) is 12.4 Å². The zero-order valence-corrected chi connectivity index (χ0v) is 17.9. The van der Waals surface area contributed by atoms with E-state index in [0.717, 1.165) is 16.8 Å². The van der Waals surface area contributed by atoms with Gasteiger partial charge in [0, 0.05) is 6.07 Å². The largest absolute Gasteiger partial charge is 0.311 e. The maximum absolute atomic E-state index is 12.6. The fourth-order valence-electron chi connectivity index (χ4n) is 3.27. The maximum atomic E-state index is 12.6. The van der Waals surface area contributed by atoms with Crippen LogP contribution in [0.15, 0.2) is 67.1 Å². The molecule has 0 radical (unpaired) electrons. The van der Waals surface area contributed by atoms with Gasteiger partial charge in [-0.1, -0.05) is 57.2 Å². The lowest BCUT2D eigenvalue weighted by Crippen LogP contribution is -2.18. The monoisotopic (exact) mass is 415 g/mol. The second-order valence-electron chi connectivity index (χ2n) is 8.47. The topological polar surface area (TPSA) is 90.5 Å². The van der Waals surface area contributed by atoms with E-state index in [4.69, 9.17) is 0 Å². The van der Waals surface area contributed by atoms with Gasteiger partial charge < -0.3 is 5.32 Å². The third kappa shape index (κ3) is 5.03. The molecule has 0 atom stereocenters. The van der Waals surface area contributed by atoms with Gasteiger partial charge in [-0.05, 0) is 44.7 Å². The predicted molar refractivity (Wildman–Crippen MR) is 118 cm³/mol. The summed E-state index contributed by atoms with van der Waals surface area (Å²) in [7, 11) is 0. The van der Waals surface area contributed by atoms with Crippen molar-refractivity contribution in [2.45, 2.75) is 39.2 Å². The molecule has 0 saturated carbocycles. The normalized spacial score (nSPS) is 11.5. The highest BCUT2D eigenvalue weighted by Gasteiger charge is 2.13. The Balaban J connectivity index is 1.38. The first kappa shape index (κ1) is 20.5. The SMILES string of the molecule is CC(C)(C)c1ccc(Cn2nccc2NC(=O)Cc2ccc(-n3cnnn3)cc2)cc1. The second-order valence-corrected chi connectivity index (χ2v) is 8.47. The lowest BCUT2D eigenvalue weighted by molar-refractivity contribution is -0.115. The molecule has 0 aliphatic rings. The molecule has 1 N–H and O–H groups in total. The highest BCUT2D eigenvalue weighted by molar-refractivity contribution is 5.91. The van der Waals surface area contributed by atoms with Crippen molar-refractivity contribution >= 4 is 11.7 Å². The summed E-state index contributed by atoms with van der Waals surface area (Å²) in [5.74, 6) is 0.579. The summed E-state index contributed by atoms with van der Waals surface area (Å²) in [6.07, 6.45) is 3.49. The number of anilines is 1. The number of rotatable bonds is 6. The number of carbonyl (C=O) groups is 1. The molecule has 158 valence electrons. The van der Waals surface area contributed by atoms with Crippen molar-refractivity contribution in [3.8, 4) is 5.69 Å². The molecule has 0 fully saturated rings. The molecule has 8 heteroatoms. The standard InChI is InChI=1S/C23H25N7O/c1-23(2,3)19-8-4-18(5-9-19)15-29-21(12-13-25-29)26-22(31)14-17-6-10-20(11-7-17)30-16-24-27-28-30/h4-13,16H,14-15H2,1-3H3,(H,26,31). The van der Waals surface area contributed by atoms with Gasteiger partial charge in [0.15, 0.2) is 0 Å². The molecular weight excluding hydrogens is 390 g/mol. The molecule has 4 aromatic rings. The van der Waals surface area contributed by atoms with E-state index in [2.05, 4.69) is 71.0 Å². The van der Waals surface area contributed by atoms with Crippen LogP contribution in [0.1, 0.15) is 37.5 Å². The summed E-state index contributed by atoms with van der Waals surface area (Å²) in [6, 6.07) is 17.9. The Kier molecular flexibility index (Phi) is 5.62. The van der Waals surface area contributed by atoms with Crippen LogP contribution in [0.2, 0.25) is 0 Å². The van der Waals surface area contributed by atoms with E-state index in [1.165, 1.54) is 11.9 Å². The lowest BCUT2D eigenvalue weighted by atomic mass is 9.87. The minimum absolute atomic E-state index is 0.0972. The van der Waals surface area contributed by atoms with Crippen molar-refractivity contribution in [1.82, 2.24) is 30.0 Å². The van der Waals surface area contributed by atoms with E-state index >= 15 is 0 Å². The van der Waals surface area contributed by atoms with Crippen molar-refractivity contribution in [3.05, 3.63) is 83.8 Å². The van der Waals surface area contributed by atoms with E-state index < -0.39 is 0 Å². The number of amides is 1. The molecule has 2 aromatic carbocycles. The van der Waals surface area contributed by atoms with Crippen LogP contribution in [0.4, 0.5) is 5.82 Å². The fraction of sp³-hybridized carbons (Fsp3) is 0.261. The lowest BCUT2D eigenvalue weighted by Gasteiger charge is -2.19. The van der Waals surface area contributed by atoms with Crippen LogP contribution < -0.4 is 5.32 Å². The van der Waals surface area contributed by atoms with E-state index in [1.807, 2.05) is 30.3 Å². The molecule has 0 bridgehead atoms. The van der Waals surface area contributed by atoms with Crippen LogP contribution in [0, 0.1) is 0 Å². The van der Waals surface area contributed by atoms with Crippen molar-refractivity contribution in [1.29, 1.82) is 0 Å². The summed E-state index contributed by atoms with van der Waals surface area (Å²) in [4.78, 5) is 12.6. The summed E-state index contributed by atoms with van der Waals surface area (Å²) >= 11 is 0. The molecule has 4 rings (SSSR count). The number of nitrogens with zero attached hydrogens (tertiary/aromatic N) is 6. The number of tetrazole rings is 1. The Bertz CT molecular complexity index is 1140. The van der Waals surface area contributed by atoms with Gasteiger partial charge in [0.25, 0.3) is 0 Å². The second kappa shape index (κ2) is 8.51. The Morgan fingerprint density at radius 1 is 0.968 bits per heavy atom. The number of nitrogens with one attached hydrogen (secondary N) is 1. The molecule has 31 heavy (non-hydrogen) atoms. The van der Waals surface area contributed by atoms with Gasteiger partial charge >= 0.3 is 0 Å². The molecule has 0 aliphatic heterocycles. The minimum Gasteiger partial charge on any atom is -0.311 e. The number of hydrogen-bond acceptors (Lipinski definition) is 5. The van der Waals surface area contributed by atoms with Gasteiger partial charge in [0.05, 0.1) is 24.8 Å². The molecule has 8 nitrogen and oxygen atoms in total. The molecule has 0 aliphatic carbocycles. The zero-order chi connectivity index (χ0) is 21.8. The maximum Gasteiger partial charge on any atom is 0.229 e. The summed E-state index contributed by atoms with van der Waals surface area (Å²) in [5.41, 5.74) is 4.28. The molecule has 2 aromatic heterocycles. The van der Waals surface area contributed by atoms with Gasteiger partial charge in [0.1, 0.15) is 12.1 Å². The Labute approximate surface area is 180 Å². The van der Waals surface area contributed by atoms with E-state index in [9.17, 15) is 4.79 Å². The van der Waals surface area contributed by atoms with Gasteiger partial charge in [-0.15, -0.1) is 5.10 Å². The average molecular weight is 416 g/mol. The summed E-state index contributed by atoms with van der Waals surface area (Å²) < 4.78 is 3.36. The van der Waals surface area contributed by atoms with Crippen molar-refractivity contribution in [2.75, 3.05) is 5.32 Å². The molecule has 0 saturated heterocycles. The van der Waals surface area contributed by atoms with Crippen LogP contribution in [0.3, 0.4) is 0 Å². The first-order valence-corrected chi connectivity index (χ1v) is 10.1. The smallest absolute Gasteiger partial charge is 0.229 e. The van der Waals surface area contributed by atoms with Gasteiger partial charge in [-0.3, -0.25) is 4.79 Å². The molecular formula is C23H25N7O. The van der Waals surface area contributed by atoms with E-state index in [-0.39, 0.29) is 17.7 Å². The number of benzene rings is 2. The zero-order valence-electron chi connectivity index (χ0n) is 17.9. The summed E-state index contributed by atoms with van der Waals surface area (Å²) in [5, 5.41) is 18.4. The third-order valence-corrected chi connectivity index (χ3v) is 5.05. The van der Waals surface area contributed by atoms with Gasteiger partial charge in [0.2, 0.25) is 5.91 Å². The molecule has 2 heterocycles. The number of aromatic nitrogens is 6. The van der Waals surface area contributed by atoms with Crippen LogP contribution >= 0.6 is 0 Å². The van der Waals surface area contributed by atoms with Crippen molar-refractivity contribution < 1.29 is 4.79 Å². The van der Waals surface area contributed by atoms with E-state index in [1.54, 1.807) is 15.6 Å². The first-order chi connectivity index (χ1) is 14.9.